The van der Waals surface area contributed by atoms with Crippen LogP contribution in [0.1, 0.15) is 12.8 Å². The Bertz CT molecular complexity index is 594. The number of nitrogens with one attached hydrogen (secondary N) is 1. The fourth-order valence-corrected chi connectivity index (χ4v) is 2.82. The number of carboxylic acids is 1. The summed E-state index contributed by atoms with van der Waals surface area (Å²) in [5.74, 6) is -1.99. The smallest absolute Gasteiger partial charge is 0.321 e. The Morgan fingerprint density at radius 2 is 2.20 bits per heavy atom. The zero-order valence-electron chi connectivity index (χ0n) is 10.9. The van der Waals surface area contributed by atoms with Gasteiger partial charge < -0.3 is 9.84 Å². The molecule has 0 aliphatic rings. The van der Waals surface area contributed by atoms with Crippen LogP contribution in [0.4, 0.5) is 0 Å². The van der Waals surface area contributed by atoms with E-state index in [0.29, 0.717) is 0 Å². The van der Waals surface area contributed by atoms with Gasteiger partial charge >= 0.3 is 11.9 Å². The van der Waals surface area contributed by atoms with Crippen molar-refractivity contribution in [1.82, 2.24) is 14.5 Å². The van der Waals surface area contributed by atoms with Crippen molar-refractivity contribution in [2.24, 2.45) is 7.05 Å². The van der Waals surface area contributed by atoms with Gasteiger partial charge in [-0.15, -0.1) is 0 Å². The van der Waals surface area contributed by atoms with Crippen LogP contribution in [-0.4, -0.2) is 48.4 Å². The van der Waals surface area contributed by atoms with Crippen molar-refractivity contribution >= 4 is 22.0 Å². The minimum absolute atomic E-state index is 0.165. The Labute approximate surface area is 115 Å². The Morgan fingerprint density at radius 1 is 1.55 bits per heavy atom. The minimum Gasteiger partial charge on any atom is -0.480 e. The topological polar surface area (TPSA) is 128 Å². The predicted molar refractivity (Wildman–Crippen MR) is 66.2 cm³/mol. The minimum atomic E-state index is -4.03. The fraction of sp³-hybridized carbons (Fsp3) is 0.500. The largest absolute Gasteiger partial charge is 0.480 e. The Morgan fingerprint density at radius 3 is 2.65 bits per heavy atom. The molecule has 10 heteroatoms. The van der Waals surface area contributed by atoms with E-state index < -0.39 is 28.0 Å². The summed E-state index contributed by atoms with van der Waals surface area (Å²) in [6.45, 7) is 0. The van der Waals surface area contributed by atoms with Gasteiger partial charge in [0, 0.05) is 13.5 Å². The summed E-state index contributed by atoms with van der Waals surface area (Å²) in [6.07, 6.45) is 0.860. The van der Waals surface area contributed by atoms with Gasteiger partial charge in [-0.1, -0.05) is 0 Å². The number of carbonyl (C=O) groups excluding carboxylic acids is 1. The zero-order valence-corrected chi connectivity index (χ0v) is 11.8. The molecule has 0 unspecified atom stereocenters. The highest BCUT2D eigenvalue weighted by Gasteiger charge is 2.27. The van der Waals surface area contributed by atoms with Gasteiger partial charge in [0.1, 0.15) is 6.04 Å². The van der Waals surface area contributed by atoms with Crippen molar-refractivity contribution in [3.8, 4) is 0 Å². The van der Waals surface area contributed by atoms with Gasteiger partial charge in [0.2, 0.25) is 0 Å². The molecule has 0 aliphatic carbocycles. The number of aliphatic carboxylic acids is 1. The number of carbonyl (C=O) groups is 2. The molecule has 0 saturated heterocycles. The SMILES string of the molecule is COC(=O)CC[C@@H](NS(=O)(=O)c1ccnn1C)C(=O)O. The highest BCUT2D eigenvalue weighted by atomic mass is 32.2. The molecule has 0 bridgehead atoms. The van der Waals surface area contributed by atoms with E-state index in [1.165, 1.54) is 19.3 Å². The van der Waals surface area contributed by atoms with Crippen LogP contribution in [0.2, 0.25) is 0 Å². The molecule has 1 rings (SSSR count). The van der Waals surface area contributed by atoms with Crippen molar-refractivity contribution in [3.63, 3.8) is 0 Å². The summed E-state index contributed by atoms with van der Waals surface area (Å²) in [5, 5.41) is 12.5. The molecule has 0 saturated carbocycles. The zero-order chi connectivity index (χ0) is 15.3. The van der Waals surface area contributed by atoms with Gasteiger partial charge in [-0.3, -0.25) is 14.3 Å². The van der Waals surface area contributed by atoms with E-state index in [9.17, 15) is 18.0 Å². The first-order valence-corrected chi connectivity index (χ1v) is 7.06. The first kappa shape index (κ1) is 16.1. The van der Waals surface area contributed by atoms with Crippen LogP contribution in [0.25, 0.3) is 0 Å². The summed E-state index contributed by atoms with van der Waals surface area (Å²) < 4.78 is 31.5. The average molecular weight is 305 g/mol. The molecule has 1 aromatic rings. The molecule has 1 aromatic heterocycles. The molecule has 20 heavy (non-hydrogen) atoms. The number of esters is 1. The maximum absolute atomic E-state index is 12.0. The van der Waals surface area contributed by atoms with Gasteiger partial charge in [0.05, 0.1) is 13.3 Å². The first-order chi connectivity index (χ1) is 9.27. The van der Waals surface area contributed by atoms with Crippen LogP contribution in [0, 0.1) is 0 Å². The Balaban J connectivity index is 2.83. The lowest BCUT2D eigenvalue weighted by atomic mass is 10.2. The third-order valence-electron chi connectivity index (χ3n) is 2.51. The number of sulfonamides is 1. The lowest BCUT2D eigenvalue weighted by Crippen LogP contribution is -2.41. The molecule has 0 aromatic carbocycles. The predicted octanol–water partition coefficient (Wildman–Crippen LogP) is -0.895. The maximum Gasteiger partial charge on any atom is 0.321 e. The van der Waals surface area contributed by atoms with Crippen LogP contribution in [0.15, 0.2) is 17.3 Å². The molecule has 0 fully saturated rings. The summed E-state index contributed by atoms with van der Waals surface area (Å²) in [6, 6.07) is -0.185. The molecule has 0 radical (unpaired) electrons. The third-order valence-corrected chi connectivity index (χ3v) is 4.06. The van der Waals surface area contributed by atoms with E-state index in [-0.39, 0.29) is 17.9 Å². The molecule has 1 heterocycles. The Hall–Kier alpha value is -1.94. The van der Waals surface area contributed by atoms with Crippen molar-refractivity contribution in [2.45, 2.75) is 23.9 Å². The first-order valence-electron chi connectivity index (χ1n) is 5.58. The quantitative estimate of drug-likeness (QED) is 0.625. The van der Waals surface area contributed by atoms with Gasteiger partial charge in [-0.05, 0) is 12.5 Å². The van der Waals surface area contributed by atoms with E-state index in [1.54, 1.807) is 0 Å². The molecule has 0 amide bonds. The average Bonchev–Trinajstić information content (AvgIpc) is 2.80. The fourth-order valence-electron chi connectivity index (χ4n) is 1.47. The summed E-state index contributed by atoms with van der Waals surface area (Å²) in [5.41, 5.74) is 0. The van der Waals surface area contributed by atoms with Crippen LogP contribution >= 0.6 is 0 Å². The van der Waals surface area contributed by atoms with E-state index in [0.717, 1.165) is 11.8 Å². The molecule has 9 nitrogen and oxygen atoms in total. The molecule has 0 spiro atoms. The molecular formula is C10H15N3O6S. The molecule has 2 N–H and O–H groups in total. The normalized spacial score (nSPS) is 12.9. The summed E-state index contributed by atoms with van der Waals surface area (Å²) in [7, 11) is -1.45. The summed E-state index contributed by atoms with van der Waals surface area (Å²) >= 11 is 0. The van der Waals surface area contributed by atoms with Crippen LogP contribution in [-0.2, 0) is 31.4 Å². The lowest BCUT2D eigenvalue weighted by molar-refractivity contribution is -0.142. The maximum atomic E-state index is 12.0. The highest BCUT2D eigenvalue weighted by Crippen LogP contribution is 2.09. The lowest BCUT2D eigenvalue weighted by Gasteiger charge is -2.14. The van der Waals surface area contributed by atoms with E-state index >= 15 is 0 Å². The molecular weight excluding hydrogens is 290 g/mol. The number of ether oxygens (including phenoxy) is 1. The van der Waals surface area contributed by atoms with E-state index in [4.69, 9.17) is 5.11 Å². The summed E-state index contributed by atoms with van der Waals surface area (Å²) in [4.78, 5) is 22.0. The van der Waals surface area contributed by atoms with Crippen LogP contribution < -0.4 is 4.72 Å². The standard InChI is InChI=1S/C10H15N3O6S/c1-13-8(5-6-11-13)20(17,18)12-7(10(15)16)3-4-9(14)19-2/h5-7,12H,3-4H2,1-2H3,(H,15,16)/t7-/m1/s1. The number of hydrogen-bond acceptors (Lipinski definition) is 6. The molecule has 112 valence electrons. The Kier molecular flexibility index (Phi) is 5.22. The molecule has 1 atom stereocenters. The van der Waals surface area contributed by atoms with E-state index in [2.05, 4.69) is 9.84 Å². The number of hydrogen-bond donors (Lipinski definition) is 2. The number of methoxy groups -OCH3 is 1. The van der Waals surface area contributed by atoms with Gasteiger partial charge in [-0.25, -0.2) is 8.42 Å². The highest BCUT2D eigenvalue weighted by molar-refractivity contribution is 7.89. The van der Waals surface area contributed by atoms with Gasteiger partial charge in [0.25, 0.3) is 10.0 Å². The van der Waals surface area contributed by atoms with Crippen molar-refractivity contribution in [2.75, 3.05) is 7.11 Å². The van der Waals surface area contributed by atoms with Crippen molar-refractivity contribution < 1.29 is 27.9 Å². The van der Waals surface area contributed by atoms with Gasteiger partial charge in [0.15, 0.2) is 5.03 Å². The van der Waals surface area contributed by atoms with E-state index in [1.807, 2.05) is 4.72 Å². The van der Waals surface area contributed by atoms with Crippen LogP contribution in [0.5, 0.6) is 0 Å². The number of carboxylic acid groups (broad SMARTS) is 1. The third kappa shape index (κ3) is 4.03. The van der Waals surface area contributed by atoms with Crippen molar-refractivity contribution in [1.29, 1.82) is 0 Å². The monoisotopic (exact) mass is 305 g/mol. The number of aryl methyl sites for hydroxylation is 1. The van der Waals surface area contributed by atoms with Crippen molar-refractivity contribution in [3.05, 3.63) is 12.3 Å². The second kappa shape index (κ2) is 6.48. The van der Waals surface area contributed by atoms with Gasteiger partial charge in [-0.2, -0.15) is 9.82 Å². The second-order valence-electron chi connectivity index (χ2n) is 3.92. The van der Waals surface area contributed by atoms with Crippen LogP contribution in [0.3, 0.4) is 0 Å². The number of rotatable bonds is 7. The molecule has 0 aliphatic heterocycles. The second-order valence-corrected chi connectivity index (χ2v) is 5.58. The number of aromatic nitrogens is 2. The number of nitrogens with zero attached hydrogens (tertiary/aromatic N) is 2.